The zero-order valence-electron chi connectivity index (χ0n) is 7.70. The number of para-hydroxylation sites is 1. The first-order valence-corrected chi connectivity index (χ1v) is 4.31. The fourth-order valence-corrected chi connectivity index (χ4v) is 1.28. The first-order chi connectivity index (χ1) is 6.15. The Kier molecular flexibility index (Phi) is 3.28. The number of hydrogen-bond acceptors (Lipinski definition) is 3. The quantitative estimate of drug-likeness (QED) is 0.645. The second-order valence-corrected chi connectivity index (χ2v) is 3.26. The number of aromatic hydroxyl groups is 1. The van der Waals surface area contributed by atoms with Crippen molar-refractivity contribution in [2.24, 2.45) is 5.73 Å². The molecule has 0 amide bonds. The minimum Gasteiger partial charge on any atom is -0.507 e. The van der Waals surface area contributed by atoms with Gasteiger partial charge in [-0.15, -0.1) is 0 Å². The molecule has 0 fully saturated rings. The number of nitrogens with two attached hydrogens (primary N) is 1. The monoisotopic (exact) mass is 181 g/mol. The first kappa shape index (κ1) is 10.0. The van der Waals surface area contributed by atoms with Gasteiger partial charge in [0.25, 0.3) is 0 Å². The molecule has 0 aromatic heterocycles. The number of aliphatic hydroxyl groups is 1. The zero-order valence-corrected chi connectivity index (χ0v) is 7.70. The summed E-state index contributed by atoms with van der Waals surface area (Å²) in [5, 5.41) is 18.5. The molecule has 0 heterocycles. The maximum Gasteiger partial charge on any atom is 0.124 e. The van der Waals surface area contributed by atoms with E-state index in [1.54, 1.807) is 6.07 Å². The standard InChI is InChI=1S/C10H15NO2/c1-7(11)5-8-3-2-4-9(6-12)10(8)13/h2-4,7,12-13H,5-6,11H2,1H3. The highest BCUT2D eigenvalue weighted by Crippen LogP contribution is 2.23. The van der Waals surface area contributed by atoms with Crippen LogP contribution in [0.1, 0.15) is 18.1 Å². The molecular formula is C10H15NO2. The van der Waals surface area contributed by atoms with Gasteiger partial charge in [-0.1, -0.05) is 18.2 Å². The molecule has 0 bridgehead atoms. The molecule has 72 valence electrons. The molecule has 1 aromatic carbocycles. The van der Waals surface area contributed by atoms with E-state index in [1.807, 2.05) is 19.1 Å². The van der Waals surface area contributed by atoms with Crippen LogP contribution in [0.15, 0.2) is 18.2 Å². The average Bonchev–Trinajstić information content (AvgIpc) is 2.08. The van der Waals surface area contributed by atoms with Crippen LogP contribution in [0.25, 0.3) is 0 Å². The molecule has 1 unspecified atom stereocenters. The van der Waals surface area contributed by atoms with Gasteiger partial charge in [-0.2, -0.15) is 0 Å². The van der Waals surface area contributed by atoms with Gasteiger partial charge < -0.3 is 15.9 Å². The summed E-state index contributed by atoms with van der Waals surface area (Å²) < 4.78 is 0. The summed E-state index contributed by atoms with van der Waals surface area (Å²) in [5.74, 6) is 0.169. The molecule has 1 aromatic rings. The van der Waals surface area contributed by atoms with Crippen molar-refractivity contribution in [3.63, 3.8) is 0 Å². The minimum atomic E-state index is -0.140. The molecule has 0 saturated carbocycles. The van der Waals surface area contributed by atoms with Crippen LogP contribution in [-0.2, 0) is 13.0 Å². The van der Waals surface area contributed by atoms with Crippen molar-refractivity contribution in [1.82, 2.24) is 0 Å². The largest absolute Gasteiger partial charge is 0.507 e. The van der Waals surface area contributed by atoms with E-state index in [2.05, 4.69) is 0 Å². The number of rotatable bonds is 3. The van der Waals surface area contributed by atoms with E-state index in [9.17, 15) is 5.11 Å². The van der Waals surface area contributed by atoms with Gasteiger partial charge in [0.2, 0.25) is 0 Å². The van der Waals surface area contributed by atoms with Gasteiger partial charge >= 0.3 is 0 Å². The van der Waals surface area contributed by atoms with Crippen molar-refractivity contribution in [2.75, 3.05) is 0 Å². The van der Waals surface area contributed by atoms with Crippen LogP contribution >= 0.6 is 0 Å². The molecule has 3 nitrogen and oxygen atoms in total. The Labute approximate surface area is 77.8 Å². The summed E-state index contributed by atoms with van der Waals surface area (Å²) in [6.07, 6.45) is 0.625. The fourth-order valence-electron chi connectivity index (χ4n) is 1.28. The smallest absolute Gasteiger partial charge is 0.124 e. The third kappa shape index (κ3) is 2.44. The second-order valence-electron chi connectivity index (χ2n) is 3.26. The maximum atomic E-state index is 9.62. The molecule has 0 saturated heterocycles. The van der Waals surface area contributed by atoms with Gasteiger partial charge in [0, 0.05) is 11.6 Å². The summed E-state index contributed by atoms with van der Waals surface area (Å²) in [4.78, 5) is 0. The predicted molar refractivity (Wildman–Crippen MR) is 51.4 cm³/mol. The summed E-state index contributed by atoms with van der Waals surface area (Å²) in [5.41, 5.74) is 6.96. The predicted octanol–water partition coefficient (Wildman–Crippen LogP) is 0.774. The Morgan fingerprint density at radius 3 is 2.54 bits per heavy atom. The summed E-state index contributed by atoms with van der Waals surface area (Å²) in [6, 6.07) is 5.33. The van der Waals surface area contributed by atoms with Gasteiger partial charge in [-0.3, -0.25) is 0 Å². The summed E-state index contributed by atoms with van der Waals surface area (Å²) >= 11 is 0. The van der Waals surface area contributed by atoms with Crippen molar-refractivity contribution in [3.8, 4) is 5.75 Å². The van der Waals surface area contributed by atoms with E-state index in [4.69, 9.17) is 10.8 Å². The number of aliphatic hydroxyl groups excluding tert-OH is 1. The Morgan fingerprint density at radius 1 is 1.38 bits per heavy atom. The second kappa shape index (κ2) is 4.25. The number of phenols is 1. The minimum absolute atomic E-state index is 0.0137. The molecule has 0 aliphatic heterocycles. The summed E-state index contributed by atoms with van der Waals surface area (Å²) in [7, 11) is 0. The average molecular weight is 181 g/mol. The van der Waals surface area contributed by atoms with Gasteiger partial charge in [0.15, 0.2) is 0 Å². The Bertz CT molecular complexity index is 284. The van der Waals surface area contributed by atoms with Crippen molar-refractivity contribution in [1.29, 1.82) is 0 Å². The summed E-state index contributed by atoms with van der Waals surface area (Å²) in [6.45, 7) is 1.74. The lowest BCUT2D eigenvalue weighted by Gasteiger charge is -2.09. The maximum absolute atomic E-state index is 9.62. The highest BCUT2D eigenvalue weighted by Gasteiger charge is 2.07. The van der Waals surface area contributed by atoms with Crippen molar-refractivity contribution in [2.45, 2.75) is 26.0 Å². The van der Waals surface area contributed by atoms with E-state index in [1.165, 1.54) is 0 Å². The van der Waals surface area contributed by atoms with Crippen molar-refractivity contribution < 1.29 is 10.2 Å². The normalized spacial score (nSPS) is 12.8. The number of benzene rings is 1. The fraction of sp³-hybridized carbons (Fsp3) is 0.400. The van der Waals surface area contributed by atoms with Crippen molar-refractivity contribution >= 4 is 0 Å². The third-order valence-electron chi connectivity index (χ3n) is 1.92. The highest BCUT2D eigenvalue weighted by atomic mass is 16.3. The molecule has 0 aliphatic carbocycles. The lowest BCUT2D eigenvalue weighted by Crippen LogP contribution is -2.17. The van der Waals surface area contributed by atoms with Crippen LogP contribution in [0.4, 0.5) is 0 Å². The lowest BCUT2D eigenvalue weighted by atomic mass is 10.0. The van der Waals surface area contributed by atoms with Crippen LogP contribution in [0.3, 0.4) is 0 Å². The van der Waals surface area contributed by atoms with Crippen molar-refractivity contribution in [3.05, 3.63) is 29.3 Å². The topological polar surface area (TPSA) is 66.5 Å². The van der Waals surface area contributed by atoms with Crippen LogP contribution in [0, 0.1) is 0 Å². The van der Waals surface area contributed by atoms with Gasteiger partial charge in [-0.05, 0) is 18.9 Å². The molecule has 0 radical (unpaired) electrons. The van der Waals surface area contributed by atoms with Crippen LogP contribution < -0.4 is 5.73 Å². The molecule has 4 N–H and O–H groups in total. The lowest BCUT2D eigenvalue weighted by molar-refractivity contribution is 0.275. The Hall–Kier alpha value is -1.06. The Morgan fingerprint density at radius 2 is 2.00 bits per heavy atom. The molecule has 1 atom stereocenters. The third-order valence-corrected chi connectivity index (χ3v) is 1.92. The Balaban J connectivity index is 2.94. The zero-order chi connectivity index (χ0) is 9.84. The highest BCUT2D eigenvalue weighted by molar-refractivity contribution is 5.40. The van der Waals surface area contributed by atoms with E-state index in [-0.39, 0.29) is 18.4 Å². The van der Waals surface area contributed by atoms with E-state index < -0.39 is 0 Å². The number of hydrogen-bond donors (Lipinski definition) is 3. The van der Waals surface area contributed by atoms with E-state index >= 15 is 0 Å². The molecule has 0 aliphatic rings. The van der Waals surface area contributed by atoms with Crippen LogP contribution in [0.2, 0.25) is 0 Å². The van der Waals surface area contributed by atoms with Gasteiger partial charge in [0.05, 0.1) is 6.61 Å². The molecule has 13 heavy (non-hydrogen) atoms. The van der Waals surface area contributed by atoms with Gasteiger partial charge in [0.1, 0.15) is 5.75 Å². The van der Waals surface area contributed by atoms with Gasteiger partial charge in [-0.25, -0.2) is 0 Å². The first-order valence-electron chi connectivity index (χ1n) is 4.31. The molecule has 1 rings (SSSR count). The van der Waals surface area contributed by atoms with E-state index in [0.717, 1.165) is 5.56 Å². The van der Waals surface area contributed by atoms with E-state index in [0.29, 0.717) is 12.0 Å². The van der Waals surface area contributed by atoms with Crippen LogP contribution in [-0.4, -0.2) is 16.3 Å². The molecule has 3 heteroatoms. The molecular weight excluding hydrogens is 166 g/mol. The SMILES string of the molecule is CC(N)Cc1cccc(CO)c1O. The molecule has 0 spiro atoms. The van der Waals surface area contributed by atoms with Crippen LogP contribution in [0.5, 0.6) is 5.75 Å².